The number of methoxy groups -OCH3 is 2. The second-order valence-electron chi connectivity index (χ2n) is 7.62. The van der Waals surface area contributed by atoms with Crippen LogP contribution in [-0.2, 0) is 10.0 Å². The van der Waals surface area contributed by atoms with Crippen molar-refractivity contribution < 1.29 is 17.9 Å². The van der Waals surface area contributed by atoms with Crippen LogP contribution in [0.1, 0.15) is 0 Å². The average Bonchev–Trinajstić information content (AvgIpc) is 3.35. The standard InChI is InChI=1S/C24H19ClN6O4S2/c1-34-18-8-3-14(11-19(18)35-2)17-12-36-24-22(17)23(26-13-27-24)28-15-4-6-16(7-5-15)37(32,33)31-21-10-9-20(25)29-30-21/h3-13H,1-2H3,(H,30,31)(H,26,27,28). The molecule has 3 heterocycles. The van der Waals surface area contributed by atoms with Crippen LogP contribution in [0.2, 0.25) is 5.15 Å². The van der Waals surface area contributed by atoms with E-state index in [2.05, 4.69) is 30.2 Å². The summed E-state index contributed by atoms with van der Waals surface area (Å²) < 4.78 is 38.6. The zero-order valence-corrected chi connectivity index (χ0v) is 21.9. The van der Waals surface area contributed by atoms with E-state index in [4.69, 9.17) is 21.1 Å². The van der Waals surface area contributed by atoms with Crippen LogP contribution < -0.4 is 19.5 Å². The summed E-state index contributed by atoms with van der Waals surface area (Å²) in [6.07, 6.45) is 1.48. The Kier molecular flexibility index (Phi) is 6.78. The third kappa shape index (κ3) is 5.12. The molecule has 0 amide bonds. The van der Waals surface area contributed by atoms with Gasteiger partial charge in [-0.1, -0.05) is 17.7 Å². The summed E-state index contributed by atoms with van der Waals surface area (Å²) in [4.78, 5) is 9.71. The molecule has 2 N–H and O–H groups in total. The number of nitrogens with zero attached hydrogens (tertiary/aromatic N) is 4. The molecule has 5 aromatic rings. The van der Waals surface area contributed by atoms with E-state index in [1.54, 1.807) is 26.4 Å². The van der Waals surface area contributed by atoms with Gasteiger partial charge in [0.1, 0.15) is 17.0 Å². The third-order valence-electron chi connectivity index (χ3n) is 5.36. The number of nitrogens with one attached hydrogen (secondary N) is 2. The molecule has 0 unspecified atom stereocenters. The normalized spacial score (nSPS) is 11.3. The van der Waals surface area contributed by atoms with Gasteiger partial charge < -0.3 is 14.8 Å². The molecule has 0 aliphatic heterocycles. The number of benzene rings is 2. The number of sulfonamides is 1. The van der Waals surface area contributed by atoms with Crippen LogP contribution in [0.5, 0.6) is 11.5 Å². The highest BCUT2D eigenvalue weighted by molar-refractivity contribution is 7.92. The van der Waals surface area contributed by atoms with Crippen molar-refractivity contribution in [3.63, 3.8) is 0 Å². The smallest absolute Gasteiger partial charge is 0.263 e. The molecular weight excluding hydrogens is 536 g/mol. The molecule has 3 aromatic heterocycles. The topological polar surface area (TPSA) is 128 Å². The van der Waals surface area contributed by atoms with Crippen LogP contribution >= 0.6 is 22.9 Å². The summed E-state index contributed by atoms with van der Waals surface area (Å²) in [6, 6.07) is 14.8. The monoisotopic (exact) mass is 554 g/mol. The van der Waals surface area contributed by atoms with E-state index < -0.39 is 10.0 Å². The third-order valence-corrected chi connectivity index (χ3v) is 7.82. The predicted octanol–water partition coefficient (Wildman–Crippen LogP) is 5.36. The van der Waals surface area contributed by atoms with Gasteiger partial charge in [-0.05, 0) is 54.1 Å². The van der Waals surface area contributed by atoms with Crippen LogP contribution in [0.25, 0.3) is 21.3 Å². The first kappa shape index (κ1) is 24.7. The molecule has 13 heteroatoms. The van der Waals surface area contributed by atoms with E-state index >= 15 is 0 Å². The number of hydrogen-bond donors (Lipinski definition) is 2. The van der Waals surface area contributed by atoms with Crippen molar-refractivity contribution >= 4 is 60.5 Å². The van der Waals surface area contributed by atoms with Gasteiger partial charge in [0.15, 0.2) is 22.5 Å². The van der Waals surface area contributed by atoms with Crippen LogP contribution in [0.4, 0.5) is 17.3 Å². The van der Waals surface area contributed by atoms with Gasteiger partial charge in [-0.25, -0.2) is 18.4 Å². The minimum atomic E-state index is -3.87. The number of fused-ring (bicyclic) bond motifs is 1. The second kappa shape index (κ2) is 10.2. The fraction of sp³-hybridized carbons (Fsp3) is 0.0833. The average molecular weight is 555 g/mol. The first-order valence-corrected chi connectivity index (χ1v) is 13.5. The van der Waals surface area contributed by atoms with E-state index in [0.717, 1.165) is 21.3 Å². The van der Waals surface area contributed by atoms with Gasteiger partial charge in [0, 0.05) is 16.6 Å². The number of rotatable bonds is 8. The molecular formula is C24H19ClN6O4S2. The summed E-state index contributed by atoms with van der Waals surface area (Å²) in [5.41, 5.74) is 2.49. The lowest BCUT2D eigenvalue weighted by Gasteiger charge is -2.12. The zero-order valence-electron chi connectivity index (χ0n) is 19.5. The van der Waals surface area contributed by atoms with Crippen molar-refractivity contribution in [2.24, 2.45) is 0 Å². The number of halogens is 1. The highest BCUT2D eigenvalue weighted by atomic mass is 35.5. The summed E-state index contributed by atoms with van der Waals surface area (Å²) in [6.45, 7) is 0. The fourth-order valence-electron chi connectivity index (χ4n) is 3.61. The summed E-state index contributed by atoms with van der Waals surface area (Å²) in [5, 5.41) is 13.6. The van der Waals surface area contributed by atoms with Crippen molar-refractivity contribution in [3.05, 3.63) is 71.5 Å². The number of hydrogen-bond acceptors (Lipinski definition) is 10. The fourth-order valence-corrected chi connectivity index (χ4v) is 5.62. The quantitative estimate of drug-likeness (QED) is 0.260. The van der Waals surface area contributed by atoms with Crippen LogP contribution in [0.15, 0.2) is 71.2 Å². The molecule has 2 aromatic carbocycles. The van der Waals surface area contributed by atoms with Crippen molar-refractivity contribution in [2.75, 3.05) is 24.3 Å². The Morgan fingerprint density at radius 1 is 0.919 bits per heavy atom. The Hall–Kier alpha value is -4.00. The van der Waals surface area contributed by atoms with Crippen molar-refractivity contribution in [3.8, 4) is 22.6 Å². The van der Waals surface area contributed by atoms with Crippen molar-refractivity contribution in [1.82, 2.24) is 20.2 Å². The van der Waals surface area contributed by atoms with Crippen LogP contribution in [0, 0.1) is 0 Å². The molecule has 0 saturated heterocycles. The summed E-state index contributed by atoms with van der Waals surface area (Å²) >= 11 is 7.20. The Morgan fingerprint density at radius 3 is 2.41 bits per heavy atom. The maximum Gasteiger partial charge on any atom is 0.263 e. The molecule has 10 nitrogen and oxygen atoms in total. The van der Waals surface area contributed by atoms with Crippen molar-refractivity contribution in [1.29, 1.82) is 0 Å². The lowest BCUT2D eigenvalue weighted by molar-refractivity contribution is 0.355. The van der Waals surface area contributed by atoms with E-state index in [0.29, 0.717) is 23.0 Å². The SMILES string of the molecule is COc1ccc(-c2csc3ncnc(Nc4ccc(S(=O)(=O)Nc5ccc(Cl)nn5)cc4)c23)cc1OC. The Morgan fingerprint density at radius 2 is 1.70 bits per heavy atom. The molecule has 0 aliphatic rings. The lowest BCUT2D eigenvalue weighted by atomic mass is 10.1. The highest BCUT2D eigenvalue weighted by Gasteiger charge is 2.17. The summed E-state index contributed by atoms with van der Waals surface area (Å²) in [5.74, 6) is 1.89. The van der Waals surface area contributed by atoms with Gasteiger partial charge >= 0.3 is 0 Å². The van der Waals surface area contributed by atoms with Crippen LogP contribution in [0.3, 0.4) is 0 Å². The Labute approximate surface area is 221 Å². The minimum absolute atomic E-state index is 0.0594. The molecule has 0 fully saturated rings. The molecule has 0 spiro atoms. The van der Waals surface area contributed by atoms with E-state index in [1.807, 2.05) is 23.6 Å². The molecule has 0 atom stereocenters. The van der Waals surface area contributed by atoms with Crippen molar-refractivity contribution in [2.45, 2.75) is 4.90 Å². The largest absolute Gasteiger partial charge is 0.493 e. The first-order valence-electron chi connectivity index (χ1n) is 10.7. The van der Waals surface area contributed by atoms with Gasteiger partial charge in [-0.3, -0.25) is 4.72 Å². The molecule has 0 bridgehead atoms. The second-order valence-corrected chi connectivity index (χ2v) is 10.5. The molecule has 37 heavy (non-hydrogen) atoms. The predicted molar refractivity (Wildman–Crippen MR) is 144 cm³/mol. The van der Waals surface area contributed by atoms with Gasteiger partial charge in [0.2, 0.25) is 0 Å². The highest BCUT2D eigenvalue weighted by Crippen LogP contribution is 2.40. The molecule has 0 aliphatic carbocycles. The molecule has 5 rings (SSSR count). The number of aromatic nitrogens is 4. The molecule has 0 radical (unpaired) electrons. The number of anilines is 3. The van der Waals surface area contributed by atoms with E-state index in [9.17, 15) is 8.42 Å². The Bertz CT molecular complexity index is 1680. The zero-order chi connectivity index (χ0) is 26.0. The van der Waals surface area contributed by atoms with Gasteiger partial charge in [0.05, 0.1) is 24.5 Å². The Balaban J connectivity index is 1.43. The number of ether oxygens (including phenoxy) is 2. The first-order chi connectivity index (χ1) is 17.9. The van der Waals surface area contributed by atoms with Gasteiger partial charge in [-0.2, -0.15) is 0 Å². The lowest BCUT2D eigenvalue weighted by Crippen LogP contribution is -2.14. The minimum Gasteiger partial charge on any atom is -0.493 e. The molecule has 188 valence electrons. The maximum atomic E-state index is 12.7. The van der Waals surface area contributed by atoms with Gasteiger partial charge in [0.25, 0.3) is 10.0 Å². The molecule has 0 saturated carbocycles. The van der Waals surface area contributed by atoms with Crippen LogP contribution in [-0.4, -0.2) is 42.8 Å². The maximum absolute atomic E-state index is 12.7. The van der Waals surface area contributed by atoms with E-state index in [-0.39, 0.29) is 15.9 Å². The number of thiophene rings is 1. The summed E-state index contributed by atoms with van der Waals surface area (Å²) in [7, 11) is -0.688. The van der Waals surface area contributed by atoms with Gasteiger partial charge in [-0.15, -0.1) is 21.5 Å². The van der Waals surface area contributed by atoms with E-state index in [1.165, 1.54) is 41.9 Å².